The summed E-state index contributed by atoms with van der Waals surface area (Å²) in [7, 11) is 3.08. The van der Waals surface area contributed by atoms with Crippen molar-refractivity contribution < 1.29 is 23.8 Å². The monoisotopic (exact) mass is 493 g/mol. The van der Waals surface area contributed by atoms with Gasteiger partial charge in [-0.1, -0.05) is 17.7 Å². The molecule has 35 heavy (non-hydrogen) atoms. The van der Waals surface area contributed by atoms with Crippen LogP contribution in [0.2, 0.25) is 5.02 Å². The summed E-state index contributed by atoms with van der Waals surface area (Å²) in [6.45, 7) is 1.87. The molecule has 3 amide bonds. The molecule has 9 heteroatoms. The fourth-order valence-corrected chi connectivity index (χ4v) is 4.79. The molecule has 2 heterocycles. The van der Waals surface area contributed by atoms with E-state index in [0.29, 0.717) is 45.6 Å². The lowest BCUT2D eigenvalue weighted by atomic mass is 9.90. The first-order valence-electron chi connectivity index (χ1n) is 11.0. The zero-order valence-electron chi connectivity index (χ0n) is 19.4. The molecule has 0 aliphatic carbocycles. The summed E-state index contributed by atoms with van der Waals surface area (Å²) in [6, 6.07) is 16.8. The third kappa shape index (κ3) is 4.21. The van der Waals surface area contributed by atoms with E-state index in [1.807, 2.05) is 19.1 Å². The second kappa shape index (κ2) is 8.70. The number of halogens is 1. The van der Waals surface area contributed by atoms with Crippen LogP contribution in [0.4, 0.5) is 16.2 Å². The van der Waals surface area contributed by atoms with E-state index in [-0.39, 0.29) is 18.0 Å². The first-order valence-corrected chi connectivity index (χ1v) is 11.4. The molecule has 0 saturated carbocycles. The highest BCUT2D eigenvalue weighted by atomic mass is 35.5. The van der Waals surface area contributed by atoms with Gasteiger partial charge in [0.1, 0.15) is 17.2 Å². The molecule has 1 saturated heterocycles. The molecule has 0 aromatic heterocycles. The average Bonchev–Trinajstić information content (AvgIpc) is 2.84. The van der Waals surface area contributed by atoms with Crippen molar-refractivity contribution in [2.45, 2.75) is 25.1 Å². The molecule has 2 aliphatic heterocycles. The van der Waals surface area contributed by atoms with Crippen LogP contribution in [0, 0.1) is 0 Å². The fraction of sp³-hybridized carbons (Fsp3) is 0.231. The van der Waals surface area contributed by atoms with Crippen LogP contribution >= 0.6 is 11.6 Å². The third-order valence-electron chi connectivity index (χ3n) is 6.21. The van der Waals surface area contributed by atoms with Gasteiger partial charge in [0.15, 0.2) is 5.72 Å². The lowest BCUT2D eigenvalue weighted by Crippen LogP contribution is -2.65. The summed E-state index contributed by atoms with van der Waals surface area (Å²) >= 11 is 6.16. The van der Waals surface area contributed by atoms with Gasteiger partial charge in [0, 0.05) is 46.5 Å². The third-order valence-corrected chi connectivity index (χ3v) is 6.44. The molecule has 2 bridgehead atoms. The van der Waals surface area contributed by atoms with E-state index >= 15 is 0 Å². The van der Waals surface area contributed by atoms with Gasteiger partial charge in [0.25, 0.3) is 5.91 Å². The zero-order valence-corrected chi connectivity index (χ0v) is 20.2. The highest BCUT2D eigenvalue weighted by Crippen LogP contribution is 2.46. The van der Waals surface area contributed by atoms with Crippen molar-refractivity contribution in [2.24, 2.45) is 0 Å². The molecule has 0 radical (unpaired) electrons. The molecule has 1 fully saturated rings. The minimum atomic E-state index is -0.941. The van der Waals surface area contributed by atoms with E-state index in [9.17, 15) is 9.59 Å². The largest absolute Gasteiger partial charge is 0.497 e. The molecule has 5 rings (SSSR count). The Morgan fingerprint density at radius 1 is 1.11 bits per heavy atom. The number of amides is 3. The van der Waals surface area contributed by atoms with Gasteiger partial charge in [-0.3, -0.25) is 9.69 Å². The molecule has 0 spiro atoms. The van der Waals surface area contributed by atoms with Crippen LogP contribution in [-0.2, 0) is 0 Å². The average molecular weight is 494 g/mol. The van der Waals surface area contributed by atoms with Crippen molar-refractivity contribution in [3.63, 3.8) is 0 Å². The fourth-order valence-electron chi connectivity index (χ4n) is 4.61. The Morgan fingerprint density at radius 2 is 1.86 bits per heavy atom. The molecule has 3 aromatic rings. The SMILES string of the molecule is COc1cc(NC(=O)c2cccc(N3C(=O)NC4CC3(C)Oc3ccc(Cl)cc34)c2)cc(OC)c1. The summed E-state index contributed by atoms with van der Waals surface area (Å²) in [4.78, 5) is 27.8. The Hall–Kier alpha value is -3.91. The number of fused-ring (bicyclic) bond motifs is 4. The van der Waals surface area contributed by atoms with E-state index in [0.717, 1.165) is 5.56 Å². The second-order valence-electron chi connectivity index (χ2n) is 8.61. The lowest BCUT2D eigenvalue weighted by Gasteiger charge is -2.50. The number of nitrogens with zero attached hydrogens (tertiary/aromatic N) is 1. The van der Waals surface area contributed by atoms with Gasteiger partial charge in [0.2, 0.25) is 0 Å². The molecule has 2 N–H and O–H groups in total. The van der Waals surface area contributed by atoms with Gasteiger partial charge in [-0.05, 0) is 43.3 Å². The van der Waals surface area contributed by atoms with E-state index in [4.69, 9.17) is 25.8 Å². The molecule has 2 aliphatic rings. The number of anilines is 2. The second-order valence-corrected chi connectivity index (χ2v) is 9.04. The Bertz CT molecular complexity index is 1310. The van der Waals surface area contributed by atoms with Crippen LogP contribution in [-0.4, -0.2) is 31.9 Å². The minimum Gasteiger partial charge on any atom is -0.497 e. The van der Waals surface area contributed by atoms with Gasteiger partial charge < -0.3 is 24.8 Å². The van der Waals surface area contributed by atoms with Crippen LogP contribution in [0.5, 0.6) is 17.2 Å². The predicted molar refractivity (Wildman–Crippen MR) is 133 cm³/mol. The number of methoxy groups -OCH3 is 2. The Morgan fingerprint density at radius 3 is 2.57 bits per heavy atom. The normalized spacial score (nSPS) is 20.3. The van der Waals surface area contributed by atoms with Gasteiger partial charge in [-0.15, -0.1) is 0 Å². The van der Waals surface area contributed by atoms with Gasteiger partial charge in [0.05, 0.1) is 25.9 Å². The number of ether oxygens (including phenoxy) is 3. The maximum Gasteiger partial charge on any atom is 0.325 e. The topological polar surface area (TPSA) is 89.1 Å². The number of hydrogen-bond donors (Lipinski definition) is 2. The smallest absolute Gasteiger partial charge is 0.325 e. The number of urea groups is 1. The van der Waals surface area contributed by atoms with Gasteiger partial charge >= 0.3 is 6.03 Å². The van der Waals surface area contributed by atoms with Crippen LogP contribution in [0.25, 0.3) is 0 Å². The number of carbonyl (C=O) groups excluding carboxylic acids is 2. The lowest BCUT2D eigenvalue weighted by molar-refractivity contribution is 0.0378. The first kappa shape index (κ1) is 22.9. The molecule has 180 valence electrons. The van der Waals surface area contributed by atoms with Crippen molar-refractivity contribution in [3.8, 4) is 17.2 Å². The van der Waals surface area contributed by atoms with Crippen molar-refractivity contribution in [1.82, 2.24) is 5.32 Å². The molecule has 3 aromatic carbocycles. The van der Waals surface area contributed by atoms with E-state index in [1.165, 1.54) is 0 Å². The molecule has 8 nitrogen and oxygen atoms in total. The summed E-state index contributed by atoms with van der Waals surface area (Å²) in [5.74, 6) is 1.43. The number of rotatable bonds is 5. The van der Waals surface area contributed by atoms with Crippen LogP contribution in [0.15, 0.2) is 60.7 Å². The van der Waals surface area contributed by atoms with Crippen LogP contribution < -0.4 is 29.7 Å². The predicted octanol–water partition coefficient (Wildman–Crippen LogP) is 5.38. The quantitative estimate of drug-likeness (QED) is 0.498. The van der Waals surface area contributed by atoms with Crippen molar-refractivity contribution >= 4 is 34.9 Å². The van der Waals surface area contributed by atoms with E-state index < -0.39 is 5.72 Å². The minimum absolute atomic E-state index is 0.222. The Labute approximate surface area is 207 Å². The van der Waals surface area contributed by atoms with Gasteiger partial charge in [-0.2, -0.15) is 0 Å². The number of nitrogens with one attached hydrogen (secondary N) is 2. The van der Waals surface area contributed by atoms with Crippen molar-refractivity contribution in [1.29, 1.82) is 0 Å². The zero-order chi connectivity index (χ0) is 24.7. The Balaban J connectivity index is 1.43. The molecular formula is C26H24ClN3O5. The standard InChI is InChI=1S/C26H24ClN3O5/c1-26-14-22(21-10-16(27)7-8-23(21)35-26)29-25(32)30(26)18-6-4-5-15(9-18)24(31)28-17-11-19(33-2)13-20(12-17)34-3/h4-13,22H,14H2,1-3H3,(H,28,31)(H,29,32). The summed E-state index contributed by atoms with van der Waals surface area (Å²) < 4.78 is 16.9. The van der Waals surface area contributed by atoms with Crippen molar-refractivity contribution in [3.05, 3.63) is 76.8 Å². The summed E-state index contributed by atoms with van der Waals surface area (Å²) in [5, 5.41) is 6.48. The molecule has 2 unspecified atom stereocenters. The number of benzene rings is 3. The highest BCUT2D eigenvalue weighted by molar-refractivity contribution is 6.30. The number of hydrogen-bond acceptors (Lipinski definition) is 5. The van der Waals surface area contributed by atoms with Gasteiger partial charge in [-0.25, -0.2) is 4.79 Å². The molecular weight excluding hydrogens is 470 g/mol. The van der Waals surface area contributed by atoms with Crippen molar-refractivity contribution in [2.75, 3.05) is 24.4 Å². The van der Waals surface area contributed by atoms with Crippen LogP contribution in [0.3, 0.4) is 0 Å². The van der Waals surface area contributed by atoms with Crippen LogP contribution in [0.1, 0.15) is 35.3 Å². The molecule has 2 atom stereocenters. The summed E-state index contributed by atoms with van der Waals surface area (Å²) in [6.07, 6.45) is 0.520. The maximum absolute atomic E-state index is 13.2. The number of carbonyl (C=O) groups is 2. The Kier molecular flexibility index (Phi) is 5.68. The highest BCUT2D eigenvalue weighted by Gasteiger charge is 2.50. The maximum atomic E-state index is 13.2. The first-order chi connectivity index (χ1) is 16.8. The summed E-state index contributed by atoms with van der Waals surface area (Å²) in [5.41, 5.74) is 1.35. The van der Waals surface area contributed by atoms with E-state index in [2.05, 4.69) is 10.6 Å². The van der Waals surface area contributed by atoms with E-state index in [1.54, 1.807) is 67.7 Å².